The van der Waals surface area contributed by atoms with E-state index in [1.807, 2.05) is 13.8 Å². The molecule has 0 aromatic rings. The summed E-state index contributed by atoms with van der Waals surface area (Å²) in [4.78, 5) is 0. The number of fused-ring (bicyclic) bond motifs is 1. The highest BCUT2D eigenvalue weighted by Crippen LogP contribution is 2.62. The summed E-state index contributed by atoms with van der Waals surface area (Å²) in [5, 5.41) is 0. The lowest BCUT2D eigenvalue weighted by atomic mass is 10.0. The van der Waals surface area contributed by atoms with Crippen LogP contribution in [-0.4, -0.2) is 5.67 Å². The highest BCUT2D eigenvalue weighted by molar-refractivity contribution is 5.11. The molecule has 0 nitrogen and oxygen atoms in total. The van der Waals surface area contributed by atoms with Crippen LogP contribution in [0, 0.1) is 11.8 Å². The normalized spacial score (nSPS) is 45.8. The Labute approximate surface area is 69.2 Å². The number of halogens is 1. The summed E-state index contributed by atoms with van der Waals surface area (Å²) in [5.41, 5.74) is -0.666. The molecule has 0 spiro atoms. The first kappa shape index (κ1) is 9.02. The fourth-order valence-electron chi connectivity index (χ4n) is 2.30. The maximum Gasteiger partial charge on any atom is 0.114 e. The molecular weight excluding hydrogens is 139 g/mol. The molecule has 0 saturated heterocycles. The summed E-state index contributed by atoms with van der Waals surface area (Å²) >= 11 is 0. The zero-order valence-corrected chi connectivity index (χ0v) is 7.86. The van der Waals surface area contributed by atoms with E-state index in [0.717, 1.165) is 25.2 Å². The van der Waals surface area contributed by atoms with Crippen LogP contribution in [0.4, 0.5) is 4.39 Å². The predicted molar refractivity (Wildman–Crippen MR) is 46.3 cm³/mol. The summed E-state index contributed by atoms with van der Waals surface area (Å²) in [7, 11) is 0. The van der Waals surface area contributed by atoms with Crippen LogP contribution in [0.1, 0.15) is 46.5 Å². The van der Waals surface area contributed by atoms with Gasteiger partial charge in [-0.05, 0) is 31.1 Å². The van der Waals surface area contributed by atoms with E-state index in [0.29, 0.717) is 5.92 Å². The quantitative estimate of drug-likeness (QED) is 0.547. The summed E-state index contributed by atoms with van der Waals surface area (Å²) in [6, 6.07) is 0. The zero-order chi connectivity index (χ0) is 8.48. The van der Waals surface area contributed by atoms with Crippen LogP contribution in [0.25, 0.3) is 0 Å². The van der Waals surface area contributed by atoms with Gasteiger partial charge in [-0.1, -0.05) is 27.2 Å². The topological polar surface area (TPSA) is 0 Å². The minimum atomic E-state index is -0.666. The van der Waals surface area contributed by atoms with Gasteiger partial charge in [0.2, 0.25) is 0 Å². The van der Waals surface area contributed by atoms with Crippen molar-refractivity contribution in [1.82, 2.24) is 0 Å². The lowest BCUT2D eigenvalue weighted by Gasteiger charge is -2.03. The average Bonchev–Trinajstić information content (AvgIpc) is 2.61. The first-order chi connectivity index (χ1) is 5.26. The van der Waals surface area contributed by atoms with Crippen molar-refractivity contribution < 1.29 is 4.39 Å². The molecule has 2 rings (SSSR count). The van der Waals surface area contributed by atoms with Crippen molar-refractivity contribution in [3.8, 4) is 0 Å². The molecule has 1 heteroatoms. The molecule has 0 N–H and O–H groups in total. The highest BCUT2D eigenvalue weighted by atomic mass is 19.1. The zero-order valence-electron chi connectivity index (χ0n) is 7.86. The number of hydrogen-bond acceptors (Lipinski definition) is 0. The summed E-state index contributed by atoms with van der Waals surface area (Å²) < 4.78 is 13.1. The SMILES string of the molecule is CC.CCC1CCC2(F)CC12. The van der Waals surface area contributed by atoms with E-state index < -0.39 is 5.67 Å². The molecule has 0 aliphatic heterocycles. The van der Waals surface area contributed by atoms with E-state index in [2.05, 4.69) is 6.92 Å². The molecule has 0 radical (unpaired) electrons. The van der Waals surface area contributed by atoms with Crippen LogP contribution in [0.5, 0.6) is 0 Å². The van der Waals surface area contributed by atoms with Crippen LogP contribution >= 0.6 is 0 Å². The first-order valence-corrected chi connectivity index (χ1v) is 4.95. The van der Waals surface area contributed by atoms with E-state index in [1.165, 1.54) is 6.42 Å². The average molecular weight is 158 g/mol. The Morgan fingerprint density at radius 2 is 2.09 bits per heavy atom. The van der Waals surface area contributed by atoms with Crippen LogP contribution < -0.4 is 0 Å². The van der Waals surface area contributed by atoms with E-state index in [1.54, 1.807) is 0 Å². The molecule has 2 fully saturated rings. The Morgan fingerprint density at radius 3 is 2.27 bits per heavy atom. The molecule has 0 aromatic carbocycles. The molecule has 0 heterocycles. The monoisotopic (exact) mass is 158 g/mol. The predicted octanol–water partition coefficient (Wildman–Crippen LogP) is 3.56. The lowest BCUT2D eigenvalue weighted by molar-refractivity contribution is 0.294. The Morgan fingerprint density at radius 1 is 1.45 bits per heavy atom. The molecule has 3 atom stereocenters. The van der Waals surface area contributed by atoms with Crippen molar-refractivity contribution in [2.45, 2.75) is 52.1 Å². The first-order valence-electron chi connectivity index (χ1n) is 4.95. The van der Waals surface area contributed by atoms with Crippen molar-refractivity contribution in [1.29, 1.82) is 0 Å². The second kappa shape index (κ2) is 3.12. The second-order valence-electron chi connectivity index (χ2n) is 3.55. The van der Waals surface area contributed by atoms with Crippen LogP contribution in [0.2, 0.25) is 0 Å². The molecule has 3 unspecified atom stereocenters. The van der Waals surface area contributed by atoms with Gasteiger partial charge in [0.1, 0.15) is 5.67 Å². The van der Waals surface area contributed by atoms with E-state index in [-0.39, 0.29) is 0 Å². The molecule has 2 aliphatic carbocycles. The van der Waals surface area contributed by atoms with Crippen molar-refractivity contribution in [3.05, 3.63) is 0 Å². The van der Waals surface area contributed by atoms with Crippen molar-refractivity contribution in [2.24, 2.45) is 11.8 Å². The largest absolute Gasteiger partial charge is 0.244 e. The molecule has 66 valence electrons. The van der Waals surface area contributed by atoms with Gasteiger partial charge in [0, 0.05) is 0 Å². The van der Waals surface area contributed by atoms with Gasteiger partial charge in [0.15, 0.2) is 0 Å². The smallest absolute Gasteiger partial charge is 0.114 e. The summed E-state index contributed by atoms with van der Waals surface area (Å²) in [6.45, 7) is 6.18. The van der Waals surface area contributed by atoms with Gasteiger partial charge in [0.25, 0.3) is 0 Å². The molecular formula is C10H19F. The Balaban J connectivity index is 0.000000281. The Kier molecular flexibility index (Phi) is 2.56. The summed E-state index contributed by atoms with van der Waals surface area (Å²) in [5.74, 6) is 1.21. The molecule has 0 aromatic heterocycles. The van der Waals surface area contributed by atoms with Gasteiger partial charge in [0.05, 0.1) is 0 Å². The maximum atomic E-state index is 13.1. The van der Waals surface area contributed by atoms with Gasteiger partial charge in [-0.15, -0.1) is 0 Å². The van der Waals surface area contributed by atoms with Crippen LogP contribution in [-0.2, 0) is 0 Å². The molecule has 0 amide bonds. The molecule has 2 saturated carbocycles. The van der Waals surface area contributed by atoms with Gasteiger partial charge >= 0.3 is 0 Å². The Bertz CT molecular complexity index is 133. The number of alkyl halides is 1. The third-order valence-corrected chi connectivity index (χ3v) is 3.09. The van der Waals surface area contributed by atoms with Gasteiger partial charge in [-0.25, -0.2) is 4.39 Å². The van der Waals surface area contributed by atoms with Crippen LogP contribution in [0.3, 0.4) is 0 Å². The standard InChI is InChI=1S/C8H13F.C2H6/c1-2-6-3-4-8(9)5-7(6)8;1-2/h6-7H,2-5H2,1H3;1-2H3. The summed E-state index contributed by atoms with van der Waals surface area (Å²) in [6.07, 6.45) is 4.08. The molecule has 0 bridgehead atoms. The number of hydrogen-bond donors (Lipinski definition) is 0. The van der Waals surface area contributed by atoms with E-state index in [4.69, 9.17) is 0 Å². The van der Waals surface area contributed by atoms with Gasteiger partial charge < -0.3 is 0 Å². The third kappa shape index (κ3) is 1.43. The molecule has 2 aliphatic rings. The third-order valence-electron chi connectivity index (χ3n) is 3.09. The number of rotatable bonds is 1. The fraction of sp³-hybridized carbons (Fsp3) is 1.00. The fourth-order valence-corrected chi connectivity index (χ4v) is 2.30. The van der Waals surface area contributed by atoms with Crippen molar-refractivity contribution in [3.63, 3.8) is 0 Å². The molecule has 11 heavy (non-hydrogen) atoms. The maximum absolute atomic E-state index is 13.1. The van der Waals surface area contributed by atoms with E-state index in [9.17, 15) is 4.39 Å². The van der Waals surface area contributed by atoms with E-state index >= 15 is 0 Å². The Hall–Kier alpha value is -0.0700. The lowest BCUT2D eigenvalue weighted by Crippen LogP contribution is -1.96. The minimum absolute atomic E-state index is 0.475. The minimum Gasteiger partial charge on any atom is -0.244 e. The van der Waals surface area contributed by atoms with Gasteiger partial charge in [-0.3, -0.25) is 0 Å². The second-order valence-corrected chi connectivity index (χ2v) is 3.55. The van der Waals surface area contributed by atoms with Gasteiger partial charge in [-0.2, -0.15) is 0 Å². The van der Waals surface area contributed by atoms with Crippen molar-refractivity contribution in [2.75, 3.05) is 0 Å². The van der Waals surface area contributed by atoms with Crippen LogP contribution in [0.15, 0.2) is 0 Å². The van der Waals surface area contributed by atoms with Crippen molar-refractivity contribution >= 4 is 0 Å². The highest BCUT2D eigenvalue weighted by Gasteiger charge is 2.61.